The van der Waals surface area contributed by atoms with Gasteiger partial charge in [0.1, 0.15) is 0 Å². The van der Waals surface area contributed by atoms with Crippen molar-refractivity contribution in [1.29, 1.82) is 0 Å². The molecular formula is C15H24N4O2S2. The Bertz CT molecular complexity index is 539. The van der Waals surface area contributed by atoms with Crippen LogP contribution < -0.4 is 5.32 Å². The molecule has 1 aromatic heterocycles. The Morgan fingerprint density at radius 3 is 2.65 bits per heavy atom. The van der Waals surface area contributed by atoms with Crippen molar-refractivity contribution in [2.75, 3.05) is 11.1 Å². The van der Waals surface area contributed by atoms with Gasteiger partial charge in [0, 0.05) is 18.5 Å². The third-order valence-electron chi connectivity index (χ3n) is 3.93. The van der Waals surface area contributed by atoms with Crippen molar-refractivity contribution in [3.63, 3.8) is 0 Å². The van der Waals surface area contributed by atoms with E-state index in [1.54, 1.807) is 0 Å². The van der Waals surface area contributed by atoms with Crippen molar-refractivity contribution < 1.29 is 9.59 Å². The topological polar surface area (TPSA) is 75.2 Å². The smallest absolute Gasteiger partial charge is 0.233 e. The fraction of sp³-hybridized carbons (Fsp3) is 0.733. The van der Waals surface area contributed by atoms with E-state index in [0.717, 1.165) is 19.3 Å². The number of anilines is 1. The summed E-state index contributed by atoms with van der Waals surface area (Å²) in [6.45, 7) is 6.18. The first kappa shape index (κ1) is 18.2. The number of amides is 2. The molecule has 0 aromatic carbocycles. The van der Waals surface area contributed by atoms with Crippen molar-refractivity contribution in [2.45, 2.75) is 69.3 Å². The maximum Gasteiger partial charge on any atom is 0.233 e. The molecular weight excluding hydrogens is 332 g/mol. The lowest BCUT2D eigenvalue weighted by Crippen LogP contribution is -2.48. The van der Waals surface area contributed by atoms with Gasteiger partial charge in [-0.2, -0.15) is 0 Å². The van der Waals surface area contributed by atoms with Gasteiger partial charge in [-0.15, -0.1) is 10.2 Å². The van der Waals surface area contributed by atoms with E-state index in [0.29, 0.717) is 33.7 Å². The summed E-state index contributed by atoms with van der Waals surface area (Å²) in [5, 5.41) is 11.2. The molecule has 1 aliphatic rings. The van der Waals surface area contributed by atoms with Gasteiger partial charge in [-0.3, -0.25) is 9.59 Å². The number of carbonyl (C=O) groups is 2. The number of hydrogen-bond donors (Lipinski definition) is 1. The maximum atomic E-state index is 12.5. The van der Waals surface area contributed by atoms with E-state index in [9.17, 15) is 9.59 Å². The average molecular weight is 357 g/mol. The Hall–Kier alpha value is -1.15. The summed E-state index contributed by atoms with van der Waals surface area (Å²) in [6, 6.07) is 0.621. The molecule has 1 fully saturated rings. The Kier molecular flexibility index (Phi) is 6.83. The van der Waals surface area contributed by atoms with E-state index in [-0.39, 0.29) is 11.8 Å². The highest BCUT2D eigenvalue weighted by Crippen LogP contribution is 2.28. The van der Waals surface area contributed by atoms with Gasteiger partial charge in [-0.25, -0.2) is 0 Å². The van der Waals surface area contributed by atoms with Gasteiger partial charge in [0.25, 0.3) is 0 Å². The second kappa shape index (κ2) is 8.63. The van der Waals surface area contributed by atoms with Crippen molar-refractivity contribution in [3.8, 4) is 0 Å². The lowest BCUT2D eigenvalue weighted by atomic mass is 9.98. The summed E-state index contributed by atoms with van der Waals surface area (Å²) in [7, 11) is 0. The van der Waals surface area contributed by atoms with Crippen LogP contribution >= 0.6 is 23.1 Å². The van der Waals surface area contributed by atoms with E-state index < -0.39 is 0 Å². The molecule has 2 atom stereocenters. The SMILES string of the molecule is CCCC(=O)Nc1nnc(SCC(=O)N2[C@H](C)CCC[C@H]2C)s1. The Morgan fingerprint density at radius 1 is 1.30 bits per heavy atom. The van der Waals surface area contributed by atoms with E-state index in [2.05, 4.69) is 29.4 Å². The molecule has 2 rings (SSSR count). The minimum Gasteiger partial charge on any atom is -0.337 e. The first-order valence-electron chi connectivity index (χ1n) is 8.08. The summed E-state index contributed by atoms with van der Waals surface area (Å²) in [4.78, 5) is 26.0. The number of hydrogen-bond acceptors (Lipinski definition) is 6. The molecule has 1 aliphatic heterocycles. The van der Waals surface area contributed by atoms with E-state index >= 15 is 0 Å². The molecule has 23 heavy (non-hydrogen) atoms. The quantitative estimate of drug-likeness (QED) is 0.626. The molecule has 1 N–H and O–H groups in total. The maximum absolute atomic E-state index is 12.5. The molecule has 2 heterocycles. The minimum atomic E-state index is -0.0488. The third-order valence-corrected chi connectivity index (χ3v) is 5.89. The van der Waals surface area contributed by atoms with Crippen molar-refractivity contribution >= 4 is 40.0 Å². The highest BCUT2D eigenvalue weighted by molar-refractivity contribution is 8.01. The molecule has 1 saturated heterocycles. The highest BCUT2D eigenvalue weighted by atomic mass is 32.2. The monoisotopic (exact) mass is 356 g/mol. The summed E-state index contributed by atoms with van der Waals surface area (Å²) < 4.78 is 0.711. The molecule has 0 spiro atoms. The molecule has 0 radical (unpaired) electrons. The summed E-state index contributed by atoms with van der Waals surface area (Å²) in [6.07, 6.45) is 4.62. The largest absolute Gasteiger partial charge is 0.337 e. The molecule has 128 valence electrons. The van der Waals surface area contributed by atoms with Crippen LogP contribution in [-0.4, -0.2) is 44.7 Å². The lowest BCUT2D eigenvalue weighted by Gasteiger charge is -2.39. The molecule has 0 aliphatic carbocycles. The van der Waals surface area contributed by atoms with Gasteiger partial charge in [-0.1, -0.05) is 30.0 Å². The number of aromatic nitrogens is 2. The normalized spacial score (nSPS) is 21.3. The Morgan fingerprint density at radius 2 is 2.00 bits per heavy atom. The van der Waals surface area contributed by atoms with E-state index in [4.69, 9.17) is 0 Å². The zero-order valence-electron chi connectivity index (χ0n) is 13.9. The number of carbonyl (C=O) groups excluding carboxylic acids is 2. The first-order chi connectivity index (χ1) is 11.0. The third kappa shape index (κ3) is 5.17. The number of likely N-dealkylation sites (tertiary alicyclic amines) is 1. The molecule has 2 amide bonds. The van der Waals surface area contributed by atoms with Gasteiger partial charge < -0.3 is 10.2 Å². The summed E-state index contributed by atoms with van der Waals surface area (Å²) >= 11 is 2.71. The van der Waals surface area contributed by atoms with Crippen LogP contribution in [-0.2, 0) is 9.59 Å². The molecule has 6 nitrogen and oxygen atoms in total. The lowest BCUT2D eigenvalue weighted by molar-refractivity contribution is -0.134. The predicted octanol–water partition coefficient (Wildman–Crippen LogP) is 3.16. The predicted molar refractivity (Wildman–Crippen MR) is 93.8 cm³/mol. The van der Waals surface area contributed by atoms with Crippen LogP contribution in [0, 0.1) is 0 Å². The molecule has 0 bridgehead atoms. The van der Waals surface area contributed by atoms with Crippen molar-refractivity contribution in [2.24, 2.45) is 0 Å². The second-order valence-corrected chi connectivity index (χ2v) is 8.09. The standard InChI is InChI=1S/C15H24N4O2S2/c1-4-6-12(20)16-14-17-18-15(23-14)22-9-13(21)19-10(2)7-5-8-11(19)3/h10-11H,4-9H2,1-3H3,(H,16,17,20)/t10-,11-/m1/s1. The van der Waals surface area contributed by atoms with Crippen molar-refractivity contribution in [3.05, 3.63) is 0 Å². The van der Waals surface area contributed by atoms with Gasteiger partial charge in [0.2, 0.25) is 16.9 Å². The summed E-state index contributed by atoms with van der Waals surface area (Å²) in [5.74, 6) is 0.473. The molecule has 0 unspecified atom stereocenters. The fourth-order valence-electron chi connectivity index (χ4n) is 2.84. The second-order valence-electron chi connectivity index (χ2n) is 5.89. The molecule has 8 heteroatoms. The summed E-state index contributed by atoms with van der Waals surface area (Å²) in [5.41, 5.74) is 0. The Labute approximate surface area is 145 Å². The van der Waals surface area contributed by atoms with Crippen LogP contribution in [0.5, 0.6) is 0 Å². The van der Waals surface area contributed by atoms with Crippen LogP contribution in [0.4, 0.5) is 5.13 Å². The van der Waals surface area contributed by atoms with Crippen LogP contribution in [0.3, 0.4) is 0 Å². The highest BCUT2D eigenvalue weighted by Gasteiger charge is 2.28. The first-order valence-corrected chi connectivity index (χ1v) is 9.88. The van der Waals surface area contributed by atoms with Gasteiger partial charge in [0.15, 0.2) is 4.34 Å². The van der Waals surface area contributed by atoms with E-state index in [1.165, 1.54) is 29.5 Å². The van der Waals surface area contributed by atoms with Crippen LogP contribution in [0.2, 0.25) is 0 Å². The fourth-order valence-corrected chi connectivity index (χ4v) is 4.48. The number of nitrogens with zero attached hydrogens (tertiary/aromatic N) is 3. The number of piperidine rings is 1. The van der Waals surface area contributed by atoms with Gasteiger partial charge >= 0.3 is 0 Å². The zero-order chi connectivity index (χ0) is 16.8. The average Bonchev–Trinajstić information content (AvgIpc) is 2.92. The van der Waals surface area contributed by atoms with E-state index in [1.807, 2.05) is 11.8 Å². The zero-order valence-corrected chi connectivity index (χ0v) is 15.5. The van der Waals surface area contributed by atoms with Crippen molar-refractivity contribution in [1.82, 2.24) is 15.1 Å². The number of nitrogens with one attached hydrogen (secondary N) is 1. The van der Waals surface area contributed by atoms with Crippen LogP contribution in [0.1, 0.15) is 52.9 Å². The minimum absolute atomic E-state index is 0.0488. The Balaban J connectivity index is 1.84. The van der Waals surface area contributed by atoms with Gasteiger partial charge in [-0.05, 0) is 39.5 Å². The number of rotatable bonds is 6. The molecule has 1 aromatic rings. The number of thioether (sulfide) groups is 1. The van der Waals surface area contributed by atoms with Gasteiger partial charge in [0.05, 0.1) is 5.75 Å². The van der Waals surface area contributed by atoms with Crippen LogP contribution in [0.15, 0.2) is 4.34 Å². The molecule has 0 saturated carbocycles. The van der Waals surface area contributed by atoms with Crippen LogP contribution in [0.25, 0.3) is 0 Å².